The van der Waals surface area contributed by atoms with Crippen molar-refractivity contribution in [3.8, 4) is 5.75 Å². The highest BCUT2D eigenvalue weighted by Crippen LogP contribution is 2.42. The van der Waals surface area contributed by atoms with Gasteiger partial charge in [0.1, 0.15) is 17.4 Å². The van der Waals surface area contributed by atoms with E-state index in [0.29, 0.717) is 60.7 Å². The summed E-state index contributed by atoms with van der Waals surface area (Å²) in [6, 6.07) is 9.98. The number of aromatic nitrogens is 2. The highest BCUT2D eigenvalue weighted by molar-refractivity contribution is 6.02. The third kappa shape index (κ3) is 4.50. The number of carbonyl (C=O) groups excluding carboxylic acids is 1. The molecule has 1 saturated carbocycles. The Morgan fingerprint density at radius 3 is 2.65 bits per heavy atom. The van der Waals surface area contributed by atoms with Gasteiger partial charge in [0.25, 0.3) is 5.91 Å². The first-order valence-corrected chi connectivity index (χ1v) is 11.8. The average molecular weight is 462 g/mol. The molecule has 8 nitrogen and oxygen atoms in total. The standard InChI is InChI=1S/C26H31N5O3/c1-15(18-10-19(17-4-5-17)12-20(27)11-18)28-25-21-14-24(33-3)22(13-23(21)29-16(2)30-25)26(32)31-6-8-34-9-7-31/h10-15,17H,4-9,27H2,1-3H3,(H,28,29,30). The zero-order valence-electron chi connectivity index (χ0n) is 19.9. The molecule has 2 aliphatic rings. The molecule has 2 aromatic carbocycles. The Morgan fingerprint density at radius 2 is 1.94 bits per heavy atom. The number of amides is 1. The second-order valence-electron chi connectivity index (χ2n) is 9.17. The number of carbonyl (C=O) groups is 1. The van der Waals surface area contributed by atoms with Gasteiger partial charge in [-0.25, -0.2) is 9.97 Å². The number of nitrogens with one attached hydrogen (secondary N) is 1. The van der Waals surface area contributed by atoms with E-state index in [0.717, 1.165) is 16.6 Å². The predicted octanol–water partition coefficient (Wildman–Crippen LogP) is 4.05. The van der Waals surface area contributed by atoms with E-state index >= 15 is 0 Å². The van der Waals surface area contributed by atoms with Gasteiger partial charge < -0.3 is 25.4 Å². The van der Waals surface area contributed by atoms with E-state index < -0.39 is 0 Å². The molecule has 0 spiro atoms. The molecule has 3 aromatic rings. The topological polar surface area (TPSA) is 103 Å². The van der Waals surface area contributed by atoms with Crippen LogP contribution in [0.15, 0.2) is 30.3 Å². The number of rotatable bonds is 6. The van der Waals surface area contributed by atoms with Gasteiger partial charge in [0.2, 0.25) is 0 Å². The number of fused-ring (bicyclic) bond motifs is 1. The molecule has 8 heteroatoms. The van der Waals surface area contributed by atoms with Crippen LogP contribution in [0.25, 0.3) is 10.9 Å². The fourth-order valence-corrected chi connectivity index (χ4v) is 4.55. The molecule has 1 aliphatic carbocycles. The molecule has 1 aliphatic heterocycles. The van der Waals surface area contributed by atoms with Crippen LogP contribution in [0.5, 0.6) is 5.75 Å². The molecule has 1 unspecified atom stereocenters. The minimum atomic E-state index is -0.0754. The highest BCUT2D eigenvalue weighted by Gasteiger charge is 2.26. The summed E-state index contributed by atoms with van der Waals surface area (Å²) < 4.78 is 11.0. The van der Waals surface area contributed by atoms with Gasteiger partial charge in [0.05, 0.1) is 37.4 Å². The summed E-state index contributed by atoms with van der Waals surface area (Å²) in [4.78, 5) is 24.3. The van der Waals surface area contributed by atoms with Crippen LogP contribution in [0.2, 0.25) is 0 Å². The second kappa shape index (κ2) is 9.10. The van der Waals surface area contributed by atoms with Crippen molar-refractivity contribution in [2.45, 2.75) is 38.6 Å². The van der Waals surface area contributed by atoms with Gasteiger partial charge in [0.15, 0.2) is 0 Å². The molecule has 1 aromatic heterocycles. The molecule has 1 atom stereocenters. The first-order chi connectivity index (χ1) is 16.4. The van der Waals surface area contributed by atoms with Gasteiger partial charge >= 0.3 is 0 Å². The van der Waals surface area contributed by atoms with E-state index in [-0.39, 0.29) is 11.9 Å². The van der Waals surface area contributed by atoms with Gasteiger partial charge in [-0.3, -0.25) is 4.79 Å². The Morgan fingerprint density at radius 1 is 1.18 bits per heavy atom. The van der Waals surface area contributed by atoms with Gasteiger partial charge in [0, 0.05) is 24.2 Å². The summed E-state index contributed by atoms with van der Waals surface area (Å²) in [6.45, 7) is 6.17. The first kappa shape index (κ1) is 22.4. The van der Waals surface area contributed by atoms with Crippen LogP contribution in [0, 0.1) is 6.92 Å². The van der Waals surface area contributed by atoms with Crippen molar-refractivity contribution in [3.05, 3.63) is 52.8 Å². The van der Waals surface area contributed by atoms with E-state index in [9.17, 15) is 4.79 Å². The van der Waals surface area contributed by atoms with E-state index in [4.69, 9.17) is 15.2 Å². The number of ether oxygens (including phenoxy) is 2. The molecule has 178 valence electrons. The maximum atomic E-state index is 13.2. The number of hydrogen-bond donors (Lipinski definition) is 2. The van der Waals surface area contributed by atoms with Gasteiger partial charge in [-0.2, -0.15) is 0 Å². The number of hydrogen-bond acceptors (Lipinski definition) is 7. The zero-order valence-corrected chi connectivity index (χ0v) is 19.9. The number of anilines is 2. The van der Waals surface area contributed by atoms with Crippen molar-refractivity contribution in [2.75, 3.05) is 44.5 Å². The van der Waals surface area contributed by atoms with Crippen molar-refractivity contribution >= 4 is 28.3 Å². The third-order valence-electron chi connectivity index (χ3n) is 6.56. The monoisotopic (exact) mass is 461 g/mol. The van der Waals surface area contributed by atoms with Gasteiger partial charge in [-0.05, 0) is 68.0 Å². The molecule has 2 fully saturated rings. The lowest BCUT2D eigenvalue weighted by molar-refractivity contribution is 0.0301. The number of nitrogens with two attached hydrogens (primary N) is 1. The van der Waals surface area contributed by atoms with E-state index in [2.05, 4.69) is 34.3 Å². The van der Waals surface area contributed by atoms with Crippen molar-refractivity contribution in [1.82, 2.24) is 14.9 Å². The summed E-state index contributed by atoms with van der Waals surface area (Å²) in [5.41, 5.74) is 10.6. The molecule has 5 rings (SSSR count). The SMILES string of the molecule is COc1cc2c(NC(C)c3cc(N)cc(C4CC4)c3)nc(C)nc2cc1C(=O)N1CCOCC1. The Labute approximate surface area is 199 Å². The predicted molar refractivity (Wildman–Crippen MR) is 132 cm³/mol. The summed E-state index contributed by atoms with van der Waals surface area (Å²) in [5, 5.41) is 4.35. The van der Waals surface area contributed by atoms with Crippen LogP contribution < -0.4 is 15.8 Å². The minimum Gasteiger partial charge on any atom is -0.496 e. The number of benzene rings is 2. The molecular formula is C26H31N5O3. The third-order valence-corrected chi connectivity index (χ3v) is 6.56. The van der Waals surface area contributed by atoms with E-state index in [1.807, 2.05) is 25.1 Å². The molecule has 1 amide bonds. The lowest BCUT2D eigenvalue weighted by atomic mass is 10.0. The molecule has 2 heterocycles. The van der Waals surface area contributed by atoms with E-state index in [1.54, 1.807) is 12.0 Å². The summed E-state index contributed by atoms with van der Waals surface area (Å²) in [7, 11) is 1.58. The van der Waals surface area contributed by atoms with Crippen molar-refractivity contribution in [3.63, 3.8) is 0 Å². The zero-order chi connectivity index (χ0) is 23.8. The highest BCUT2D eigenvalue weighted by atomic mass is 16.5. The van der Waals surface area contributed by atoms with Crippen LogP contribution in [-0.4, -0.2) is 54.2 Å². The molecule has 0 radical (unpaired) electrons. The van der Waals surface area contributed by atoms with Crippen LogP contribution in [0.1, 0.15) is 59.0 Å². The number of methoxy groups -OCH3 is 1. The van der Waals surface area contributed by atoms with Gasteiger partial charge in [-0.1, -0.05) is 6.07 Å². The molecule has 0 bridgehead atoms. The Balaban J connectivity index is 1.50. The van der Waals surface area contributed by atoms with Crippen molar-refractivity contribution < 1.29 is 14.3 Å². The fourth-order valence-electron chi connectivity index (χ4n) is 4.55. The molecule has 34 heavy (non-hydrogen) atoms. The minimum absolute atomic E-state index is 0.0147. The Kier molecular flexibility index (Phi) is 6.00. The quantitative estimate of drug-likeness (QED) is 0.534. The van der Waals surface area contributed by atoms with Crippen LogP contribution in [-0.2, 0) is 4.74 Å². The summed E-state index contributed by atoms with van der Waals surface area (Å²) in [5.74, 6) is 2.39. The summed E-state index contributed by atoms with van der Waals surface area (Å²) >= 11 is 0. The van der Waals surface area contributed by atoms with Crippen LogP contribution in [0.4, 0.5) is 11.5 Å². The number of morpholine rings is 1. The first-order valence-electron chi connectivity index (χ1n) is 11.8. The molecular weight excluding hydrogens is 430 g/mol. The van der Waals surface area contributed by atoms with Crippen molar-refractivity contribution in [1.29, 1.82) is 0 Å². The van der Waals surface area contributed by atoms with Gasteiger partial charge in [-0.15, -0.1) is 0 Å². The van der Waals surface area contributed by atoms with Crippen molar-refractivity contribution in [2.24, 2.45) is 0 Å². The Bertz CT molecular complexity index is 1230. The normalized spacial score (nSPS) is 17.0. The maximum Gasteiger partial charge on any atom is 0.257 e. The summed E-state index contributed by atoms with van der Waals surface area (Å²) in [6.07, 6.45) is 2.46. The largest absolute Gasteiger partial charge is 0.496 e. The lowest BCUT2D eigenvalue weighted by Gasteiger charge is -2.27. The number of nitrogen functional groups attached to an aromatic ring is 1. The number of aryl methyl sites for hydroxylation is 1. The average Bonchev–Trinajstić information content (AvgIpc) is 3.68. The van der Waals surface area contributed by atoms with E-state index in [1.165, 1.54) is 18.4 Å². The van der Waals surface area contributed by atoms with Crippen LogP contribution in [0.3, 0.4) is 0 Å². The second-order valence-corrected chi connectivity index (χ2v) is 9.17. The molecule has 3 N–H and O–H groups in total. The maximum absolute atomic E-state index is 13.2. The Hall–Kier alpha value is -3.39. The van der Waals surface area contributed by atoms with Crippen LogP contribution >= 0.6 is 0 Å². The lowest BCUT2D eigenvalue weighted by Crippen LogP contribution is -2.40. The smallest absolute Gasteiger partial charge is 0.257 e. The number of nitrogens with zero attached hydrogens (tertiary/aromatic N) is 3. The molecule has 1 saturated heterocycles. The fraction of sp³-hybridized carbons (Fsp3) is 0.423.